The van der Waals surface area contributed by atoms with Crippen LogP contribution >= 0.6 is 11.3 Å². The number of ether oxygens (including phenoxy) is 1. The molecule has 1 aliphatic heterocycles. The molecule has 2 aromatic heterocycles. The van der Waals surface area contributed by atoms with Crippen molar-refractivity contribution in [2.75, 3.05) is 26.2 Å². The van der Waals surface area contributed by atoms with E-state index in [2.05, 4.69) is 20.3 Å². The number of aromatic nitrogens is 3. The lowest BCUT2D eigenvalue weighted by Gasteiger charge is -2.30. The number of carbonyl (C=O) groups excluding carboxylic acids is 1. The van der Waals surface area contributed by atoms with Crippen LogP contribution in [0, 0.1) is 5.92 Å². The van der Waals surface area contributed by atoms with Crippen LogP contribution in [0.4, 0.5) is 17.6 Å². The molecule has 1 saturated carbocycles. The first kappa shape index (κ1) is 25.9. The summed E-state index contributed by atoms with van der Waals surface area (Å²) < 4.78 is 55.6. The van der Waals surface area contributed by atoms with Gasteiger partial charge in [0.05, 0.1) is 18.3 Å². The Morgan fingerprint density at radius 1 is 1.20 bits per heavy atom. The smallest absolute Gasteiger partial charge is 0.422 e. The molecule has 1 N–H and O–H groups in total. The van der Waals surface area contributed by atoms with E-state index in [0.29, 0.717) is 11.5 Å². The van der Waals surface area contributed by atoms with Crippen molar-refractivity contribution >= 4 is 17.2 Å². The maximum Gasteiger partial charge on any atom is 0.422 e. The minimum atomic E-state index is -4.35. The Bertz CT molecular complexity index is 946. The second-order valence-corrected chi connectivity index (χ2v) is 10.4. The molecule has 0 radical (unpaired) electrons. The van der Waals surface area contributed by atoms with Gasteiger partial charge in [-0.3, -0.25) is 4.79 Å². The van der Waals surface area contributed by atoms with E-state index in [9.17, 15) is 22.4 Å². The zero-order chi connectivity index (χ0) is 24.8. The van der Waals surface area contributed by atoms with E-state index in [0.717, 1.165) is 79.8 Å². The number of rotatable bonds is 9. The maximum absolute atomic E-state index is 12.6. The molecule has 2 aromatic rings. The first-order valence-corrected chi connectivity index (χ1v) is 12.9. The summed E-state index contributed by atoms with van der Waals surface area (Å²) in [6, 6.07) is 0.184. The van der Waals surface area contributed by atoms with Crippen molar-refractivity contribution in [3.63, 3.8) is 0 Å². The lowest BCUT2D eigenvalue weighted by Crippen LogP contribution is -2.39. The van der Waals surface area contributed by atoms with Crippen molar-refractivity contribution in [3.8, 4) is 5.19 Å². The fourth-order valence-electron chi connectivity index (χ4n) is 4.80. The van der Waals surface area contributed by atoms with Gasteiger partial charge < -0.3 is 15.0 Å². The van der Waals surface area contributed by atoms with Crippen molar-refractivity contribution < 1.29 is 27.1 Å². The van der Waals surface area contributed by atoms with Crippen LogP contribution in [0.2, 0.25) is 0 Å². The molecule has 0 spiro atoms. The zero-order valence-electron chi connectivity index (χ0n) is 19.5. The predicted molar refractivity (Wildman–Crippen MR) is 123 cm³/mol. The van der Waals surface area contributed by atoms with Gasteiger partial charge in [-0.05, 0) is 56.6 Å². The van der Waals surface area contributed by atoms with Gasteiger partial charge in [-0.1, -0.05) is 11.3 Å². The summed E-state index contributed by atoms with van der Waals surface area (Å²) in [4.78, 5) is 20.0. The van der Waals surface area contributed by atoms with Gasteiger partial charge in [0.2, 0.25) is 5.91 Å². The van der Waals surface area contributed by atoms with Crippen molar-refractivity contribution in [1.82, 2.24) is 25.0 Å². The number of hydrogen-bond acceptors (Lipinski definition) is 6. The van der Waals surface area contributed by atoms with Crippen LogP contribution in [0.1, 0.15) is 48.2 Å². The summed E-state index contributed by atoms with van der Waals surface area (Å²) in [6.45, 7) is 0.713. The van der Waals surface area contributed by atoms with E-state index in [-0.39, 0.29) is 23.6 Å². The summed E-state index contributed by atoms with van der Waals surface area (Å²) in [5.74, 6) is 0.577. The largest absolute Gasteiger partial charge is 0.460 e. The quantitative estimate of drug-likeness (QED) is 0.511. The van der Waals surface area contributed by atoms with Gasteiger partial charge in [0.25, 0.3) is 5.19 Å². The normalized spacial score (nSPS) is 21.4. The number of halogens is 4. The average molecular weight is 518 g/mol. The molecule has 35 heavy (non-hydrogen) atoms. The summed E-state index contributed by atoms with van der Waals surface area (Å²) in [5, 5.41) is 7.06. The molecule has 12 heteroatoms. The molecule has 1 fully saturated rings. The lowest BCUT2D eigenvalue weighted by molar-refractivity contribution is -0.153. The van der Waals surface area contributed by atoms with Crippen molar-refractivity contribution in [3.05, 3.63) is 28.5 Å². The molecule has 2 aliphatic rings. The summed E-state index contributed by atoms with van der Waals surface area (Å²) in [6.07, 6.45) is 5.62. The Morgan fingerprint density at radius 3 is 2.69 bits per heavy atom. The highest BCUT2D eigenvalue weighted by Crippen LogP contribution is 2.31. The second kappa shape index (κ2) is 11.7. The van der Waals surface area contributed by atoms with Crippen LogP contribution in [0.5, 0.6) is 5.19 Å². The maximum atomic E-state index is 12.6. The second-order valence-electron chi connectivity index (χ2n) is 9.35. The van der Waals surface area contributed by atoms with Crippen molar-refractivity contribution in [2.24, 2.45) is 5.92 Å². The average Bonchev–Trinajstić information content (AvgIpc) is 3.39. The Hall–Kier alpha value is -2.21. The summed E-state index contributed by atoms with van der Waals surface area (Å²) in [7, 11) is 0. The van der Waals surface area contributed by atoms with Gasteiger partial charge in [-0.15, -0.1) is 0 Å². The molecule has 0 bridgehead atoms. The molecular weight excluding hydrogens is 486 g/mol. The molecule has 3 heterocycles. The van der Waals surface area contributed by atoms with Crippen molar-refractivity contribution in [1.29, 1.82) is 0 Å². The third-order valence-corrected chi connectivity index (χ3v) is 7.75. The number of hydrogen-bond donors (Lipinski definition) is 1. The van der Waals surface area contributed by atoms with E-state index in [1.807, 2.05) is 0 Å². The van der Waals surface area contributed by atoms with Gasteiger partial charge in [-0.25, -0.2) is 14.1 Å². The monoisotopic (exact) mass is 517 g/mol. The fourth-order valence-corrected chi connectivity index (χ4v) is 5.75. The molecule has 0 saturated heterocycles. The van der Waals surface area contributed by atoms with Gasteiger partial charge in [-0.2, -0.15) is 18.3 Å². The molecule has 0 atom stereocenters. The van der Waals surface area contributed by atoms with Crippen LogP contribution in [0.15, 0.2) is 12.4 Å². The molecule has 7 nitrogen and oxygen atoms in total. The van der Waals surface area contributed by atoms with Gasteiger partial charge >= 0.3 is 6.18 Å². The standard InChI is InChI=1S/C23H31F4N5O2S/c24-15-32-13-17(12-28-32)11-21(33)29-18-3-1-16(2-4-18)5-8-31-9-6-19-20(7-10-31)35-22(30-19)34-14-23(25,26)27/h12-13,16,18H,1-11,14-15H2,(H,29,33). The van der Waals surface area contributed by atoms with Gasteiger partial charge in [0.1, 0.15) is 0 Å². The van der Waals surface area contributed by atoms with E-state index < -0.39 is 19.6 Å². The Labute approximate surface area is 205 Å². The third kappa shape index (κ3) is 7.89. The number of nitrogens with one attached hydrogen (secondary N) is 1. The fraction of sp³-hybridized carbons (Fsp3) is 0.696. The first-order valence-electron chi connectivity index (χ1n) is 12.0. The minimum Gasteiger partial charge on any atom is -0.460 e. The van der Waals surface area contributed by atoms with Crippen LogP contribution < -0.4 is 10.1 Å². The highest BCUT2D eigenvalue weighted by atomic mass is 32.1. The topological polar surface area (TPSA) is 72.3 Å². The van der Waals surface area contributed by atoms with Crippen molar-refractivity contribution in [2.45, 2.75) is 70.4 Å². The number of alkyl halides is 4. The first-order chi connectivity index (χ1) is 16.8. The number of nitrogens with zero attached hydrogens (tertiary/aromatic N) is 4. The third-order valence-electron chi connectivity index (χ3n) is 6.68. The lowest BCUT2D eigenvalue weighted by atomic mass is 9.84. The SMILES string of the molecule is O=C(Cc1cnn(CF)c1)NC1CCC(CCN2CCc3nc(OCC(F)(F)F)sc3CC2)CC1. The highest BCUT2D eigenvalue weighted by Gasteiger charge is 2.30. The van der Waals surface area contributed by atoms with Crippen LogP contribution in [0.3, 0.4) is 0 Å². The number of fused-ring (bicyclic) bond motifs is 1. The van der Waals surface area contributed by atoms with Gasteiger partial charge in [0, 0.05) is 36.6 Å². The zero-order valence-corrected chi connectivity index (χ0v) is 20.3. The predicted octanol–water partition coefficient (Wildman–Crippen LogP) is 3.92. The number of amides is 1. The van der Waals surface area contributed by atoms with Crippen LogP contribution in [-0.4, -0.2) is 64.0 Å². The van der Waals surface area contributed by atoms with E-state index in [1.165, 1.54) is 17.5 Å². The molecule has 1 aliphatic carbocycles. The van der Waals surface area contributed by atoms with Crippen LogP contribution in [0.25, 0.3) is 0 Å². The van der Waals surface area contributed by atoms with E-state index in [1.54, 1.807) is 6.20 Å². The Kier molecular flexibility index (Phi) is 8.64. The summed E-state index contributed by atoms with van der Waals surface area (Å²) in [5.41, 5.74) is 1.57. The van der Waals surface area contributed by atoms with E-state index in [4.69, 9.17) is 4.74 Å². The molecule has 4 rings (SSSR count). The van der Waals surface area contributed by atoms with Crippen LogP contribution in [-0.2, 0) is 30.9 Å². The van der Waals surface area contributed by atoms with E-state index >= 15 is 0 Å². The molecule has 1 amide bonds. The Morgan fingerprint density at radius 2 is 1.97 bits per heavy atom. The minimum absolute atomic E-state index is 0.0514. The number of carbonyl (C=O) groups is 1. The molecule has 0 aromatic carbocycles. The Balaban J connectivity index is 1.13. The highest BCUT2D eigenvalue weighted by molar-refractivity contribution is 7.13. The number of thiazole rings is 1. The van der Waals surface area contributed by atoms with Gasteiger partial charge in [0.15, 0.2) is 13.4 Å². The molecular formula is C23H31F4N5O2S. The summed E-state index contributed by atoms with van der Waals surface area (Å²) >= 11 is 1.23. The molecule has 194 valence electrons. The molecule has 0 unspecified atom stereocenters.